The van der Waals surface area contributed by atoms with E-state index in [4.69, 9.17) is 4.74 Å². The lowest BCUT2D eigenvalue weighted by molar-refractivity contribution is -0.385. The molecule has 0 bridgehead atoms. The molecular formula is C11H13FN2O3. The van der Waals surface area contributed by atoms with Gasteiger partial charge in [0.1, 0.15) is 12.3 Å². The maximum absolute atomic E-state index is 13.5. The van der Waals surface area contributed by atoms with Gasteiger partial charge in [-0.05, 0) is 25.7 Å². The Labute approximate surface area is 97.8 Å². The van der Waals surface area contributed by atoms with E-state index >= 15 is 0 Å². The van der Waals surface area contributed by atoms with Gasteiger partial charge in [0.15, 0.2) is 5.82 Å². The van der Waals surface area contributed by atoms with Gasteiger partial charge in [0.25, 0.3) is 11.6 Å². The summed E-state index contributed by atoms with van der Waals surface area (Å²) in [5.74, 6) is -0.910. The zero-order chi connectivity index (χ0) is 12.3. The van der Waals surface area contributed by atoms with Gasteiger partial charge in [-0.25, -0.2) is 9.37 Å². The Hall–Kier alpha value is -1.72. The highest BCUT2D eigenvalue weighted by Gasteiger charge is 2.19. The molecule has 1 aliphatic carbocycles. The number of hydrogen-bond donors (Lipinski definition) is 0. The van der Waals surface area contributed by atoms with Crippen LogP contribution in [0, 0.1) is 15.9 Å². The number of nitrogens with zero attached hydrogens (tertiary/aromatic N) is 2. The summed E-state index contributed by atoms with van der Waals surface area (Å²) in [6, 6.07) is 0.838. The summed E-state index contributed by atoms with van der Waals surface area (Å²) < 4.78 is 18.9. The van der Waals surface area contributed by atoms with Crippen LogP contribution in [-0.2, 0) is 0 Å². The Morgan fingerprint density at radius 1 is 1.41 bits per heavy atom. The number of pyridine rings is 1. The summed E-state index contributed by atoms with van der Waals surface area (Å²) >= 11 is 0. The Morgan fingerprint density at radius 3 is 2.71 bits per heavy atom. The van der Waals surface area contributed by atoms with E-state index in [0.29, 0.717) is 0 Å². The van der Waals surface area contributed by atoms with Crippen LogP contribution in [0.1, 0.15) is 32.1 Å². The van der Waals surface area contributed by atoms with E-state index in [1.165, 1.54) is 6.42 Å². The monoisotopic (exact) mass is 240 g/mol. The summed E-state index contributed by atoms with van der Waals surface area (Å²) in [4.78, 5) is 13.4. The minimum absolute atomic E-state index is 0.0211. The highest BCUT2D eigenvalue weighted by atomic mass is 19.1. The third-order valence-electron chi connectivity index (χ3n) is 2.83. The van der Waals surface area contributed by atoms with E-state index in [1.54, 1.807) is 0 Å². The molecule has 0 amide bonds. The average Bonchev–Trinajstić information content (AvgIpc) is 2.33. The molecule has 0 radical (unpaired) electrons. The molecule has 0 saturated heterocycles. The topological polar surface area (TPSA) is 65.3 Å². The van der Waals surface area contributed by atoms with Crippen LogP contribution in [0.4, 0.5) is 10.1 Å². The third-order valence-corrected chi connectivity index (χ3v) is 2.83. The lowest BCUT2D eigenvalue weighted by Gasteiger charge is -2.22. The number of hydrogen-bond acceptors (Lipinski definition) is 4. The van der Waals surface area contributed by atoms with Gasteiger partial charge in [0.2, 0.25) is 0 Å². The SMILES string of the molecule is O=[N+]([O-])c1cnc(OC2CCCCC2)c(F)c1. The predicted molar refractivity (Wildman–Crippen MR) is 58.4 cm³/mol. The second kappa shape index (κ2) is 5.07. The summed E-state index contributed by atoms with van der Waals surface area (Å²) in [7, 11) is 0. The van der Waals surface area contributed by atoms with Crippen LogP contribution in [0.5, 0.6) is 5.88 Å². The molecule has 17 heavy (non-hydrogen) atoms. The van der Waals surface area contributed by atoms with Gasteiger partial charge in [0.05, 0.1) is 11.0 Å². The quantitative estimate of drug-likeness (QED) is 0.602. The highest BCUT2D eigenvalue weighted by molar-refractivity contribution is 5.30. The molecule has 1 aromatic rings. The van der Waals surface area contributed by atoms with E-state index in [0.717, 1.165) is 37.9 Å². The molecule has 0 aromatic carbocycles. The van der Waals surface area contributed by atoms with Gasteiger partial charge in [0, 0.05) is 0 Å². The first-order valence-electron chi connectivity index (χ1n) is 5.63. The Bertz CT molecular complexity index is 419. The molecule has 1 aromatic heterocycles. The van der Waals surface area contributed by atoms with Gasteiger partial charge in [-0.15, -0.1) is 0 Å². The second-order valence-corrected chi connectivity index (χ2v) is 4.12. The number of rotatable bonds is 3. The first kappa shape index (κ1) is 11.8. The predicted octanol–water partition coefficient (Wildman–Crippen LogP) is 2.84. The van der Waals surface area contributed by atoms with Crippen molar-refractivity contribution in [2.45, 2.75) is 38.2 Å². The van der Waals surface area contributed by atoms with E-state index in [9.17, 15) is 14.5 Å². The van der Waals surface area contributed by atoms with Gasteiger partial charge >= 0.3 is 0 Å². The molecule has 5 nitrogen and oxygen atoms in total. The molecule has 2 rings (SSSR count). The zero-order valence-electron chi connectivity index (χ0n) is 9.26. The number of aromatic nitrogens is 1. The first-order valence-corrected chi connectivity index (χ1v) is 5.63. The fourth-order valence-electron chi connectivity index (χ4n) is 1.94. The van der Waals surface area contributed by atoms with Gasteiger partial charge in [-0.3, -0.25) is 10.1 Å². The molecule has 0 spiro atoms. The van der Waals surface area contributed by atoms with Crippen molar-refractivity contribution < 1.29 is 14.1 Å². The zero-order valence-corrected chi connectivity index (χ0v) is 9.26. The minimum atomic E-state index is -0.773. The molecule has 0 aliphatic heterocycles. The molecule has 0 atom stereocenters. The normalized spacial score (nSPS) is 16.8. The summed E-state index contributed by atoms with van der Waals surface area (Å²) in [5, 5.41) is 10.4. The van der Waals surface area contributed by atoms with Crippen molar-refractivity contribution in [1.29, 1.82) is 0 Å². The van der Waals surface area contributed by atoms with Crippen LogP contribution in [0.15, 0.2) is 12.3 Å². The molecule has 1 heterocycles. The maximum Gasteiger partial charge on any atom is 0.290 e. The number of halogens is 1. The van der Waals surface area contributed by atoms with Crippen LogP contribution in [-0.4, -0.2) is 16.0 Å². The smallest absolute Gasteiger partial charge is 0.290 e. The molecule has 1 fully saturated rings. The molecule has 1 aliphatic rings. The third kappa shape index (κ3) is 2.89. The molecule has 0 unspecified atom stereocenters. The van der Waals surface area contributed by atoms with Crippen LogP contribution in [0.25, 0.3) is 0 Å². The summed E-state index contributed by atoms with van der Waals surface area (Å²) in [6.45, 7) is 0. The van der Waals surface area contributed by atoms with E-state index in [1.807, 2.05) is 0 Å². The van der Waals surface area contributed by atoms with Crippen LogP contribution >= 0.6 is 0 Å². The fourth-order valence-corrected chi connectivity index (χ4v) is 1.94. The minimum Gasteiger partial charge on any atom is -0.472 e. The first-order chi connectivity index (χ1) is 8.16. The molecule has 1 saturated carbocycles. The van der Waals surface area contributed by atoms with Gasteiger partial charge in [-0.2, -0.15) is 0 Å². The van der Waals surface area contributed by atoms with Crippen molar-refractivity contribution in [2.75, 3.05) is 0 Å². The molecule has 0 N–H and O–H groups in total. The Balaban J connectivity index is 2.08. The van der Waals surface area contributed by atoms with Crippen molar-refractivity contribution in [3.63, 3.8) is 0 Å². The fraction of sp³-hybridized carbons (Fsp3) is 0.545. The largest absolute Gasteiger partial charge is 0.472 e. The van der Waals surface area contributed by atoms with Crippen LogP contribution < -0.4 is 4.74 Å². The van der Waals surface area contributed by atoms with E-state index in [-0.39, 0.29) is 17.7 Å². The van der Waals surface area contributed by atoms with E-state index < -0.39 is 10.7 Å². The summed E-state index contributed by atoms with van der Waals surface area (Å²) in [5.41, 5.74) is -0.363. The highest BCUT2D eigenvalue weighted by Crippen LogP contribution is 2.25. The van der Waals surface area contributed by atoms with Gasteiger partial charge in [-0.1, -0.05) is 6.42 Å². The van der Waals surface area contributed by atoms with E-state index in [2.05, 4.69) is 4.98 Å². The average molecular weight is 240 g/mol. The number of ether oxygens (including phenoxy) is 1. The van der Waals surface area contributed by atoms with Crippen molar-refractivity contribution >= 4 is 5.69 Å². The lowest BCUT2D eigenvalue weighted by atomic mass is 9.98. The summed E-state index contributed by atoms with van der Waals surface area (Å²) in [6.07, 6.45) is 6.08. The Morgan fingerprint density at radius 2 is 2.12 bits per heavy atom. The van der Waals surface area contributed by atoms with Crippen molar-refractivity contribution in [2.24, 2.45) is 0 Å². The van der Waals surface area contributed by atoms with Crippen molar-refractivity contribution in [3.05, 3.63) is 28.2 Å². The van der Waals surface area contributed by atoms with Gasteiger partial charge < -0.3 is 4.74 Å². The lowest BCUT2D eigenvalue weighted by Crippen LogP contribution is -2.20. The van der Waals surface area contributed by atoms with Crippen molar-refractivity contribution in [1.82, 2.24) is 4.98 Å². The second-order valence-electron chi connectivity index (χ2n) is 4.12. The molecule has 6 heteroatoms. The molecular weight excluding hydrogens is 227 g/mol. The standard InChI is InChI=1S/C11H13FN2O3/c12-10-6-8(14(15)16)7-13-11(10)17-9-4-2-1-3-5-9/h6-7,9H,1-5H2. The Kier molecular flexibility index (Phi) is 3.51. The van der Waals surface area contributed by atoms with Crippen molar-refractivity contribution in [3.8, 4) is 5.88 Å². The number of nitro groups is 1. The van der Waals surface area contributed by atoms with Crippen LogP contribution in [0.3, 0.4) is 0 Å². The maximum atomic E-state index is 13.5. The molecule has 92 valence electrons. The van der Waals surface area contributed by atoms with Crippen LogP contribution in [0.2, 0.25) is 0 Å².